The van der Waals surface area contributed by atoms with E-state index < -0.39 is 6.10 Å². The Labute approximate surface area is 158 Å². The van der Waals surface area contributed by atoms with E-state index in [1.54, 1.807) is 0 Å². The molecule has 1 fully saturated rings. The molecule has 5 nitrogen and oxygen atoms in total. The number of rotatable bonds is 2. The predicted octanol–water partition coefficient (Wildman–Crippen LogP) is 3.03. The molecule has 0 radical (unpaired) electrons. The summed E-state index contributed by atoms with van der Waals surface area (Å²) in [5.74, 6) is -0.184. The lowest BCUT2D eigenvalue weighted by Gasteiger charge is -2.39. The van der Waals surface area contributed by atoms with Gasteiger partial charge >= 0.3 is 0 Å². The summed E-state index contributed by atoms with van der Waals surface area (Å²) in [5, 5.41) is 0. The van der Waals surface area contributed by atoms with Crippen molar-refractivity contribution in [3.63, 3.8) is 0 Å². The van der Waals surface area contributed by atoms with Gasteiger partial charge < -0.3 is 14.4 Å². The Morgan fingerprint density at radius 2 is 1.78 bits per heavy atom. The number of nitrogens with zero attached hydrogens (tertiary/aromatic N) is 2. The highest BCUT2D eigenvalue weighted by molar-refractivity contribution is 5.98. The minimum atomic E-state index is -0.512. The molecule has 5 heteroatoms. The quantitative estimate of drug-likeness (QED) is 0.824. The number of aliphatic imine (C=N–C) groups is 1. The van der Waals surface area contributed by atoms with Crippen LogP contribution >= 0.6 is 0 Å². The van der Waals surface area contributed by atoms with Gasteiger partial charge in [-0.2, -0.15) is 4.99 Å². The molecule has 0 unspecified atom stereocenters. The minimum Gasteiger partial charge on any atom is -0.451 e. The molecule has 3 aliphatic rings. The van der Waals surface area contributed by atoms with Crippen molar-refractivity contribution in [2.75, 3.05) is 13.1 Å². The Morgan fingerprint density at radius 3 is 2.59 bits per heavy atom. The van der Waals surface area contributed by atoms with E-state index in [1.165, 1.54) is 11.1 Å². The lowest BCUT2D eigenvalue weighted by Crippen LogP contribution is -2.45. The third kappa shape index (κ3) is 2.92. The van der Waals surface area contributed by atoms with E-state index in [9.17, 15) is 4.79 Å². The number of hydrogen-bond donors (Lipinski definition) is 0. The number of likely N-dealkylation sites (tertiary alicyclic amines) is 1. The van der Waals surface area contributed by atoms with Gasteiger partial charge in [-0.15, -0.1) is 0 Å². The number of ether oxygens (including phenoxy) is 2. The first-order valence-electron chi connectivity index (χ1n) is 9.54. The zero-order valence-corrected chi connectivity index (χ0v) is 15.1. The second kappa shape index (κ2) is 6.50. The second-order valence-electron chi connectivity index (χ2n) is 7.46. The van der Waals surface area contributed by atoms with Crippen LogP contribution in [0.4, 0.5) is 0 Å². The number of fused-ring (bicyclic) bond motifs is 2. The van der Waals surface area contributed by atoms with Gasteiger partial charge in [0, 0.05) is 19.5 Å². The lowest BCUT2D eigenvalue weighted by molar-refractivity contribution is -0.122. The summed E-state index contributed by atoms with van der Waals surface area (Å²) in [6.07, 6.45) is 1.80. The Morgan fingerprint density at radius 1 is 1.04 bits per heavy atom. The first-order valence-corrected chi connectivity index (χ1v) is 9.54. The van der Waals surface area contributed by atoms with Gasteiger partial charge in [-0.3, -0.25) is 4.79 Å². The fourth-order valence-corrected chi connectivity index (χ4v) is 4.33. The van der Waals surface area contributed by atoms with Crippen molar-refractivity contribution in [3.05, 3.63) is 71.3 Å². The maximum Gasteiger partial charge on any atom is 0.296 e. The summed E-state index contributed by atoms with van der Waals surface area (Å²) in [7, 11) is 0. The van der Waals surface area contributed by atoms with Crippen LogP contribution in [0.2, 0.25) is 0 Å². The normalized spacial score (nSPS) is 23.3. The van der Waals surface area contributed by atoms with E-state index in [1.807, 2.05) is 30.3 Å². The molecule has 0 N–H and O–H groups in total. The smallest absolute Gasteiger partial charge is 0.296 e. The molecule has 138 valence electrons. The van der Waals surface area contributed by atoms with Crippen LogP contribution in [0.25, 0.3) is 0 Å². The van der Waals surface area contributed by atoms with Crippen molar-refractivity contribution in [3.8, 4) is 0 Å². The van der Waals surface area contributed by atoms with Gasteiger partial charge in [-0.05, 0) is 29.5 Å². The molecule has 27 heavy (non-hydrogen) atoms. The van der Waals surface area contributed by atoms with Crippen molar-refractivity contribution in [1.82, 2.24) is 4.90 Å². The van der Waals surface area contributed by atoms with Crippen LogP contribution in [0.3, 0.4) is 0 Å². The Bertz CT molecular complexity index is 885. The maximum absolute atomic E-state index is 12.3. The average molecular weight is 362 g/mol. The van der Waals surface area contributed by atoms with Crippen molar-refractivity contribution in [2.24, 2.45) is 4.99 Å². The lowest BCUT2D eigenvalue weighted by atomic mass is 9.84. The van der Waals surface area contributed by atoms with Crippen molar-refractivity contribution >= 4 is 11.9 Å². The number of benzene rings is 2. The fourth-order valence-electron chi connectivity index (χ4n) is 4.33. The van der Waals surface area contributed by atoms with Gasteiger partial charge in [0.1, 0.15) is 0 Å². The van der Waals surface area contributed by atoms with E-state index in [2.05, 4.69) is 34.2 Å². The summed E-state index contributed by atoms with van der Waals surface area (Å²) in [4.78, 5) is 18.6. The predicted molar refractivity (Wildman–Crippen MR) is 101 cm³/mol. The third-order valence-corrected chi connectivity index (χ3v) is 5.85. The van der Waals surface area contributed by atoms with Crippen LogP contribution in [0.15, 0.2) is 59.6 Å². The van der Waals surface area contributed by atoms with Crippen molar-refractivity contribution < 1.29 is 14.3 Å². The Kier molecular flexibility index (Phi) is 3.97. The standard InChI is InChI=1S/C22H22N2O3/c25-20-19(14-16-6-2-1-3-7-16)27-21(23-20)24-12-10-22(11-13-24)18-9-5-4-8-17(18)15-26-22/h1-9,19H,10-15H2/t19-/m1/s1. The van der Waals surface area contributed by atoms with Crippen LogP contribution in [0.1, 0.15) is 29.5 Å². The number of carbonyl (C=O) groups is 1. The molecule has 0 bridgehead atoms. The molecular weight excluding hydrogens is 340 g/mol. The molecule has 1 amide bonds. The molecular formula is C22H22N2O3. The molecule has 0 saturated carbocycles. The molecule has 2 aromatic carbocycles. The van der Waals surface area contributed by atoms with Crippen molar-refractivity contribution in [2.45, 2.75) is 37.6 Å². The Hall–Kier alpha value is -2.66. The van der Waals surface area contributed by atoms with Gasteiger partial charge in [0.2, 0.25) is 0 Å². The topological polar surface area (TPSA) is 51.1 Å². The summed E-state index contributed by atoms with van der Waals surface area (Å²) in [6, 6.07) is 18.9. The largest absolute Gasteiger partial charge is 0.451 e. The van der Waals surface area contributed by atoms with Crippen LogP contribution in [0, 0.1) is 0 Å². The average Bonchev–Trinajstić information content (AvgIpc) is 3.25. The van der Waals surface area contributed by atoms with E-state index in [-0.39, 0.29) is 11.5 Å². The molecule has 1 spiro atoms. The number of amides is 1. The van der Waals surface area contributed by atoms with Gasteiger partial charge in [0.05, 0.1) is 12.2 Å². The molecule has 1 saturated heterocycles. The van der Waals surface area contributed by atoms with E-state index in [4.69, 9.17) is 9.47 Å². The second-order valence-corrected chi connectivity index (χ2v) is 7.46. The number of hydrogen-bond acceptors (Lipinski definition) is 4. The van der Waals surface area contributed by atoms with Crippen molar-refractivity contribution in [1.29, 1.82) is 0 Å². The van der Waals surface area contributed by atoms with Gasteiger partial charge in [0.15, 0.2) is 6.10 Å². The Balaban J connectivity index is 1.25. The molecule has 0 aromatic heterocycles. The molecule has 2 aromatic rings. The highest BCUT2D eigenvalue weighted by atomic mass is 16.5. The SMILES string of the molecule is O=C1N=C(N2CCC3(CC2)OCc2ccccc23)O[C@@H]1Cc1ccccc1. The van der Waals surface area contributed by atoms with Crippen LogP contribution in [0.5, 0.6) is 0 Å². The first kappa shape index (κ1) is 16.5. The maximum atomic E-state index is 12.3. The van der Waals surface area contributed by atoms with E-state index >= 15 is 0 Å². The highest BCUT2D eigenvalue weighted by Crippen LogP contribution is 2.44. The zero-order valence-electron chi connectivity index (χ0n) is 15.1. The first-order chi connectivity index (χ1) is 13.2. The minimum absolute atomic E-state index is 0.184. The van der Waals surface area contributed by atoms with Gasteiger partial charge in [0.25, 0.3) is 11.9 Å². The van der Waals surface area contributed by atoms with Crippen LogP contribution < -0.4 is 0 Å². The molecule has 1 atom stereocenters. The molecule has 5 rings (SSSR count). The molecule has 0 aliphatic carbocycles. The zero-order chi connectivity index (χ0) is 18.3. The summed E-state index contributed by atoms with van der Waals surface area (Å²) < 4.78 is 12.1. The van der Waals surface area contributed by atoms with Gasteiger partial charge in [-0.1, -0.05) is 54.6 Å². The summed E-state index contributed by atoms with van der Waals surface area (Å²) in [6.45, 7) is 2.24. The highest BCUT2D eigenvalue weighted by Gasteiger charge is 2.44. The molecule has 3 aliphatic heterocycles. The van der Waals surface area contributed by atoms with Crippen LogP contribution in [-0.4, -0.2) is 36.0 Å². The van der Waals surface area contributed by atoms with Gasteiger partial charge in [-0.25, -0.2) is 0 Å². The summed E-state index contributed by atoms with van der Waals surface area (Å²) in [5.41, 5.74) is 3.50. The number of piperidine rings is 1. The summed E-state index contributed by atoms with van der Waals surface area (Å²) >= 11 is 0. The number of carbonyl (C=O) groups excluding carboxylic acids is 1. The van der Waals surface area contributed by atoms with E-state index in [0.717, 1.165) is 31.5 Å². The van der Waals surface area contributed by atoms with Crippen LogP contribution in [-0.2, 0) is 32.9 Å². The monoisotopic (exact) mass is 362 g/mol. The third-order valence-electron chi connectivity index (χ3n) is 5.85. The number of amidine groups is 1. The fraction of sp³-hybridized carbons (Fsp3) is 0.364. The molecule has 3 heterocycles. The van der Waals surface area contributed by atoms with E-state index in [0.29, 0.717) is 19.0 Å².